The maximum Gasteiger partial charge on any atom is 0.225 e. The van der Waals surface area contributed by atoms with Gasteiger partial charge in [-0.1, -0.05) is 0 Å². The maximum absolute atomic E-state index is 12.2. The van der Waals surface area contributed by atoms with E-state index in [9.17, 15) is 9.59 Å². The number of ether oxygens (including phenoxy) is 1. The molecule has 1 saturated heterocycles. The Bertz CT molecular complexity index is 543. The predicted molar refractivity (Wildman–Crippen MR) is 83.6 cm³/mol. The SMILES string of the molecule is COCCn1cnnc1CCNC(=O)C1CC(=O)N(C(C)C)C1. The molecule has 0 aliphatic carbocycles. The topological polar surface area (TPSA) is 89.3 Å². The first-order chi connectivity index (χ1) is 11.0. The van der Waals surface area contributed by atoms with Crippen molar-refractivity contribution >= 4 is 11.8 Å². The highest BCUT2D eigenvalue weighted by Crippen LogP contribution is 2.20. The first-order valence-electron chi connectivity index (χ1n) is 7.95. The van der Waals surface area contributed by atoms with E-state index in [1.54, 1.807) is 18.3 Å². The Morgan fingerprint density at radius 1 is 1.52 bits per heavy atom. The summed E-state index contributed by atoms with van der Waals surface area (Å²) in [6.45, 7) is 6.19. The normalized spacial score (nSPS) is 18.0. The van der Waals surface area contributed by atoms with E-state index in [0.717, 1.165) is 5.82 Å². The Labute approximate surface area is 136 Å². The molecule has 1 aromatic heterocycles. The van der Waals surface area contributed by atoms with E-state index in [0.29, 0.717) is 39.1 Å². The summed E-state index contributed by atoms with van der Waals surface area (Å²) in [5, 5.41) is 10.8. The molecule has 2 rings (SSSR count). The maximum atomic E-state index is 12.2. The lowest BCUT2D eigenvalue weighted by Crippen LogP contribution is -2.36. The Hall–Kier alpha value is -1.96. The average molecular weight is 323 g/mol. The van der Waals surface area contributed by atoms with Crippen LogP contribution in [0.1, 0.15) is 26.1 Å². The molecule has 1 N–H and O–H groups in total. The number of nitrogens with zero attached hydrogens (tertiary/aromatic N) is 4. The fraction of sp³-hybridized carbons (Fsp3) is 0.733. The van der Waals surface area contributed by atoms with Gasteiger partial charge in [-0.05, 0) is 13.8 Å². The highest BCUT2D eigenvalue weighted by Gasteiger charge is 2.35. The molecule has 23 heavy (non-hydrogen) atoms. The van der Waals surface area contributed by atoms with Crippen LogP contribution in [-0.2, 0) is 27.3 Å². The summed E-state index contributed by atoms with van der Waals surface area (Å²) < 4.78 is 6.95. The lowest BCUT2D eigenvalue weighted by Gasteiger charge is -2.20. The van der Waals surface area contributed by atoms with Crippen LogP contribution >= 0.6 is 0 Å². The van der Waals surface area contributed by atoms with Gasteiger partial charge in [0.25, 0.3) is 0 Å². The van der Waals surface area contributed by atoms with E-state index in [1.807, 2.05) is 18.4 Å². The van der Waals surface area contributed by atoms with Crippen molar-refractivity contribution in [2.24, 2.45) is 5.92 Å². The quantitative estimate of drug-likeness (QED) is 0.718. The molecule has 0 spiro atoms. The first kappa shape index (κ1) is 17.4. The van der Waals surface area contributed by atoms with Gasteiger partial charge in [0.15, 0.2) is 0 Å². The zero-order chi connectivity index (χ0) is 16.8. The third-order valence-electron chi connectivity index (χ3n) is 4.03. The van der Waals surface area contributed by atoms with Gasteiger partial charge in [0, 0.05) is 45.6 Å². The molecule has 1 fully saturated rings. The zero-order valence-corrected chi connectivity index (χ0v) is 14.0. The highest BCUT2D eigenvalue weighted by molar-refractivity contribution is 5.89. The smallest absolute Gasteiger partial charge is 0.225 e. The fourth-order valence-corrected chi connectivity index (χ4v) is 2.70. The molecule has 1 atom stereocenters. The second-order valence-electron chi connectivity index (χ2n) is 6.02. The third kappa shape index (κ3) is 4.51. The molecule has 1 aliphatic heterocycles. The lowest BCUT2D eigenvalue weighted by molar-refractivity contribution is -0.129. The van der Waals surface area contributed by atoms with Crippen molar-refractivity contribution in [2.45, 2.75) is 39.3 Å². The molecule has 2 heterocycles. The molecular weight excluding hydrogens is 298 g/mol. The number of rotatable bonds is 8. The molecule has 2 amide bonds. The fourth-order valence-electron chi connectivity index (χ4n) is 2.70. The van der Waals surface area contributed by atoms with Gasteiger partial charge >= 0.3 is 0 Å². The van der Waals surface area contributed by atoms with Crippen molar-refractivity contribution in [3.8, 4) is 0 Å². The minimum atomic E-state index is -0.253. The lowest BCUT2D eigenvalue weighted by atomic mass is 10.1. The monoisotopic (exact) mass is 323 g/mol. The molecule has 0 radical (unpaired) electrons. The van der Waals surface area contributed by atoms with Crippen LogP contribution in [0.25, 0.3) is 0 Å². The van der Waals surface area contributed by atoms with Crippen molar-refractivity contribution in [1.82, 2.24) is 25.0 Å². The van der Waals surface area contributed by atoms with Crippen LogP contribution < -0.4 is 5.32 Å². The second-order valence-corrected chi connectivity index (χ2v) is 6.02. The molecular formula is C15H25N5O3. The molecule has 0 bridgehead atoms. The summed E-state index contributed by atoms with van der Waals surface area (Å²) in [4.78, 5) is 25.8. The van der Waals surface area contributed by atoms with Crippen LogP contribution in [0.3, 0.4) is 0 Å². The highest BCUT2D eigenvalue weighted by atomic mass is 16.5. The van der Waals surface area contributed by atoms with Crippen LogP contribution in [0.2, 0.25) is 0 Å². The summed E-state index contributed by atoms with van der Waals surface area (Å²) in [7, 11) is 1.65. The Kier molecular flexibility index (Phi) is 6.09. The molecule has 1 aromatic rings. The van der Waals surface area contributed by atoms with Crippen LogP contribution in [0.5, 0.6) is 0 Å². The number of aromatic nitrogens is 3. The van der Waals surface area contributed by atoms with Gasteiger partial charge < -0.3 is 19.5 Å². The van der Waals surface area contributed by atoms with Crippen molar-refractivity contribution in [1.29, 1.82) is 0 Å². The van der Waals surface area contributed by atoms with E-state index in [2.05, 4.69) is 15.5 Å². The van der Waals surface area contributed by atoms with E-state index < -0.39 is 0 Å². The Morgan fingerprint density at radius 2 is 2.30 bits per heavy atom. The molecule has 0 saturated carbocycles. The van der Waals surface area contributed by atoms with Gasteiger partial charge in [-0.3, -0.25) is 9.59 Å². The van der Waals surface area contributed by atoms with Crippen molar-refractivity contribution < 1.29 is 14.3 Å². The van der Waals surface area contributed by atoms with Gasteiger partial charge in [-0.25, -0.2) is 0 Å². The number of likely N-dealkylation sites (tertiary alicyclic amines) is 1. The van der Waals surface area contributed by atoms with Crippen molar-refractivity contribution in [2.75, 3.05) is 26.8 Å². The van der Waals surface area contributed by atoms with Gasteiger partial charge in [0.05, 0.1) is 12.5 Å². The second kappa shape index (κ2) is 8.05. The minimum Gasteiger partial charge on any atom is -0.383 e. The van der Waals surface area contributed by atoms with Gasteiger partial charge in [0.1, 0.15) is 12.2 Å². The summed E-state index contributed by atoms with van der Waals surface area (Å²) in [6, 6.07) is 0.139. The van der Waals surface area contributed by atoms with Gasteiger partial charge in [0.2, 0.25) is 11.8 Å². The minimum absolute atomic E-state index is 0.0551. The first-order valence-corrected chi connectivity index (χ1v) is 7.95. The number of carbonyl (C=O) groups excluding carboxylic acids is 2. The van der Waals surface area contributed by atoms with Crippen LogP contribution in [0, 0.1) is 5.92 Å². The van der Waals surface area contributed by atoms with E-state index >= 15 is 0 Å². The number of carbonyl (C=O) groups is 2. The predicted octanol–water partition coefficient (Wildman–Crippen LogP) is -0.160. The van der Waals surface area contributed by atoms with Crippen LogP contribution in [-0.4, -0.2) is 64.3 Å². The van der Waals surface area contributed by atoms with Crippen molar-refractivity contribution in [3.63, 3.8) is 0 Å². The van der Waals surface area contributed by atoms with Crippen LogP contribution in [0.4, 0.5) is 0 Å². The summed E-state index contributed by atoms with van der Waals surface area (Å²) in [5.74, 6) is 0.550. The van der Waals surface area contributed by atoms with Gasteiger partial charge in [-0.2, -0.15) is 0 Å². The zero-order valence-electron chi connectivity index (χ0n) is 14.0. The molecule has 8 nitrogen and oxygen atoms in total. The van der Waals surface area contributed by atoms with E-state index in [1.165, 1.54) is 0 Å². The molecule has 128 valence electrons. The van der Waals surface area contributed by atoms with E-state index in [-0.39, 0.29) is 23.8 Å². The number of amides is 2. The summed E-state index contributed by atoms with van der Waals surface area (Å²) in [6.07, 6.45) is 2.56. The average Bonchev–Trinajstić information content (AvgIpc) is 3.11. The Balaban J connectivity index is 1.77. The number of methoxy groups -OCH3 is 1. The molecule has 1 aliphatic rings. The van der Waals surface area contributed by atoms with Crippen LogP contribution in [0.15, 0.2) is 6.33 Å². The Morgan fingerprint density at radius 3 is 2.96 bits per heavy atom. The molecule has 1 unspecified atom stereocenters. The largest absolute Gasteiger partial charge is 0.383 e. The number of hydrogen-bond acceptors (Lipinski definition) is 5. The van der Waals surface area contributed by atoms with E-state index in [4.69, 9.17) is 4.74 Å². The standard InChI is InChI=1S/C15H25N5O3/c1-11(2)20-9-12(8-14(20)21)15(22)16-5-4-13-18-17-10-19(13)6-7-23-3/h10-12H,4-9H2,1-3H3,(H,16,22). The third-order valence-corrected chi connectivity index (χ3v) is 4.03. The van der Waals surface area contributed by atoms with Crippen molar-refractivity contribution in [3.05, 3.63) is 12.2 Å². The summed E-state index contributed by atoms with van der Waals surface area (Å²) >= 11 is 0. The molecule has 0 aromatic carbocycles. The summed E-state index contributed by atoms with van der Waals surface area (Å²) in [5.41, 5.74) is 0. The number of hydrogen-bond donors (Lipinski definition) is 1. The molecule has 8 heteroatoms. The van der Waals surface area contributed by atoms with Gasteiger partial charge in [-0.15, -0.1) is 10.2 Å². The number of nitrogens with one attached hydrogen (secondary N) is 1.